The summed E-state index contributed by atoms with van der Waals surface area (Å²) in [4.78, 5) is 2.76. The Hall–Kier alpha value is -0.0800. The summed E-state index contributed by atoms with van der Waals surface area (Å²) >= 11 is 0. The molecule has 110 valence electrons. The van der Waals surface area contributed by atoms with Gasteiger partial charge in [0.25, 0.3) is 0 Å². The summed E-state index contributed by atoms with van der Waals surface area (Å²) < 4.78 is 0. The van der Waals surface area contributed by atoms with Crippen molar-refractivity contribution in [3.63, 3.8) is 0 Å². The van der Waals surface area contributed by atoms with Crippen molar-refractivity contribution in [2.75, 3.05) is 19.6 Å². The van der Waals surface area contributed by atoms with Crippen LogP contribution in [0, 0.1) is 11.3 Å². The third kappa shape index (κ3) is 3.00. The van der Waals surface area contributed by atoms with Crippen LogP contribution in [0.5, 0.6) is 0 Å². The molecule has 0 amide bonds. The second-order valence-electron chi connectivity index (χ2n) is 7.44. The Morgan fingerprint density at radius 1 is 0.895 bits per heavy atom. The molecule has 2 aliphatic carbocycles. The predicted molar refractivity (Wildman–Crippen MR) is 81.1 cm³/mol. The summed E-state index contributed by atoms with van der Waals surface area (Å²) in [7, 11) is 0. The van der Waals surface area contributed by atoms with E-state index in [2.05, 4.69) is 4.90 Å². The van der Waals surface area contributed by atoms with Crippen LogP contribution >= 0.6 is 0 Å². The molecule has 0 radical (unpaired) electrons. The lowest BCUT2D eigenvalue weighted by atomic mass is 9.68. The van der Waals surface area contributed by atoms with Crippen molar-refractivity contribution in [2.45, 2.75) is 76.7 Å². The highest BCUT2D eigenvalue weighted by molar-refractivity contribution is 4.92. The maximum Gasteiger partial charge on any atom is 0.0246 e. The van der Waals surface area contributed by atoms with Crippen LogP contribution in [0.3, 0.4) is 0 Å². The standard InChI is InChI=1S/C17H32N2/c18-14-16(15-6-2-3-7-15)19-12-10-17(11-13-19)8-4-1-5-9-17/h15-16H,1-14,18H2. The zero-order valence-electron chi connectivity index (χ0n) is 12.6. The first-order valence-corrected chi connectivity index (χ1v) is 8.77. The first-order chi connectivity index (χ1) is 9.33. The number of nitrogens with zero attached hydrogens (tertiary/aromatic N) is 1. The molecule has 0 bridgehead atoms. The van der Waals surface area contributed by atoms with Crippen molar-refractivity contribution in [3.8, 4) is 0 Å². The van der Waals surface area contributed by atoms with E-state index in [1.54, 1.807) is 0 Å². The van der Waals surface area contributed by atoms with Crippen LogP contribution in [0.2, 0.25) is 0 Å². The molecule has 1 heterocycles. The van der Waals surface area contributed by atoms with E-state index in [1.165, 1.54) is 83.7 Å². The molecular weight excluding hydrogens is 232 g/mol. The van der Waals surface area contributed by atoms with Gasteiger partial charge in [-0.3, -0.25) is 4.90 Å². The van der Waals surface area contributed by atoms with Crippen LogP contribution in [0.1, 0.15) is 70.6 Å². The van der Waals surface area contributed by atoms with Gasteiger partial charge in [0.15, 0.2) is 0 Å². The minimum Gasteiger partial charge on any atom is -0.329 e. The molecular formula is C17H32N2. The van der Waals surface area contributed by atoms with E-state index in [1.807, 2.05) is 0 Å². The lowest BCUT2D eigenvalue weighted by molar-refractivity contribution is 0.0317. The van der Waals surface area contributed by atoms with E-state index in [4.69, 9.17) is 5.73 Å². The molecule has 1 unspecified atom stereocenters. The highest BCUT2D eigenvalue weighted by Crippen LogP contribution is 2.45. The fourth-order valence-electron chi connectivity index (χ4n) is 5.11. The predicted octanol–water partition coefficient (Wildman–Crippen LogP) is 3.55. The molecule has 19 heavy (non-hydrogen) atoms. The first kappa shape index (κ1) is 13.9. The molecule has 2 N–H and O–H groups in total. The highest BCUT2D eigenvalue weighted by atomic mass is 15.2. The summed E-state index contributed by atoms with van der Waals surface area (Å²) in [5.74, 6) is 0.908. The average Bonchev–Trinajstić information content (AvgIpc) is 2.97. The Morgan fingerprint density at radius 3 is 2.11 bits per heavy atom. The van der Waals surface area contributed by atoms with Crippen LogP contribution in [-0.4, -0.2) is 30.6 Å². The number of hydrogen-bond acceptors (Lipinski definition) is 2. The van der Waals surface area contributed by atoms with Crippen LogP contribution in [-0.2, 0) is 0 Å². The van der Waals surface area contributed by atoms with Gasteiger partial charge in [-0.05, 0) is 62.9 Å². The van der Waals surface area contributed by atoms with Gasteiger partial charge in [-0.1, -0.05) is 32.1 Å². The molecule has 2 nitrogen and oxygen atoms in total. The quantitative estimate of drug-likeness (QED) is 0.844. The molecule has 1 atom stereocenters. The number of piperidine rings is 1. The zero-order valence-corrected chi connectivity index (χ0v) is 12.6. The summed E-state index contributed by atoms with van der Waals surface area (Å²) in [6.45, 7) is 3.55. The van der Waals surface area contributed by atoms with Gasteiger partial charge in [-0.25, -0.2) is 0 Å². The largest absolute Gasteiger partial charge is 0.329 e. The Morgan fingerprint density at radius 2 is 1.53 bits per heavy atom. The monoisotopic (exact) mass is 264 g/mol. The van der Waals surface area contributed by atoms with Crippen molar-refractivity contribution >= 4 is 0 Å². The second kappa shape index (κ2) is 6.13. The van der Waals surface area contributed by atoms with E-state index in [-0.39, 0.29) is 0 Å². The normalized spacial score (nSPS) is 30.8. The second-order valence-corrected chi connectivity index (χ2v) is 7.44. The Balaban J connectivity index is 1.56. The van der Waals surface area contributed by atoms with E-state index in [9.17, 15) is 0 Å². The van der Waals surface area contributed by atoms with Crippen molar-refractivity contribution in [1.82, 2.24) is 4.90 Å². The van der Waals surface area contributed by atoms with Crippen molar-refractivity contribution in [1.29, 1.82) is 0 Å². The number of hydrogen-bond donors (Lipinski definition) is 1. The molecule has 2 saturated carbocycles. The van der Waals surface area contributed by atoms with Gasteiger partial charge in [-0.2, -0.15) is 0 Å². The summed E-state index contributed by atoms with van der Waals surface area (Å²) in [5, 5.41) is 0. The first-order valence-electron chi connectivity index (χ1n) is 8.77. The van der Waals surface area contributed by atoms with Gasteiger partial charge in [0.1, 0.15) is 0 Å². The Kier molecular flexibility index (Phi) is 4.48. The lowest BCUT2D eigenvalue weighted by Crippen LogP contribution is -2.51. The van der Waals surface area contributed by atoms with E-state index < -0.39 is 0 Å². The summed E-state index contributed by atoms with van der Waals surface area (Å²) in [6, 6.07) is 0.698. The lowest BCUT2D eigenvalue weighted by Gasteiger charge is -2.47. The van der Waals surface area contributed by atoms with Crippen LogP contribution in [0.4, 0.5) is 0 Å². The minimum atomic E-state index is 0.698. The molecule has 2 heteroatoms. The molecule has 1 spiro atoms. The fourth-order valence-corrected chi connectivity index (χ4v) is 5.11. The molecule has 1 aliphatic heterocycles. The number of rotatable bonds is 3. The number of likely N-dealkylation sites (tertiary alicyclic amines) is 1. The van der Waals surface area contributed by atoms with Gasteiger partial charge < -0.3 is 5.73 Å². The summed E-state index contributed by atoms with van der Waals surface area (Å²) in [5.41, 5.74) is 6.85. The molecule has 3 aliphatic rings. The third-order valence-electron chi connectivity index (χ3n) is 6.43. The van der Waals surface area contributed by atoms with E-state index in [0.717, 1.165) is 17.9 Å². The molecule has 0 aromatic carbocycles. The fraction of sp³-hybridized carbons (Fsp3) is 1.00. The van der Waals surface area contributed by atoms with Crippen molar-refractivity contribution < 1.29 is 0 Å². The van der Waals surface area contributed by atoms with Gasteiger partial charge in [0, 0.05) is 12.6 Å². The SMILES string of the molecule is NCC(C1CCCC1)N1CCC2(CCCCC2)CC1. The maximum absolute atomic E-state index is 6.11. The molecule has 3 rings (SSSR count). The van der Waals surface area contributed by atoms with Gasteiger partial charge in [0.05, 0.1) is 0 Å². The third-order valence-corrected chi connectivity index (χ3v) is 6.43. The van der Waals surface area contributed by atoms with Crippen LogP contribution in [0.25, 0.3) is 0 Å². The topological polar surface area (TPSA) is 29.3 Å². The van der Waals surface area contributed by atoms with Gasteiger partial charge >= 0.3 is 0 Å². The minimum absolute atomic E-state index is 0.698. The van der Waals surface area contributed by atoms with Gasteiger partial charge in [-0.15, -0.1) is 0 Å². The van der Waals surface area contributed by atoms with Crippen molar-refractivity contribution in [3.05, 3.63) is 0 Å². The van der Waals surface area contributed by atoms with Crippen LogP contribution < -0.4 is 5.73 Å². The molecule has 1 saturated heterocycles. The summed E-state index contributed by atoms with van der Waals surface area (Å²) in [6.07, 6.45) is 16.2. The van der Waals surface area contributed by atoms with Crippen molar-refractivity contribution in [2.24, 2.45) is 17.1 Å². The Bertz CT molecular complexity index is 267. The maximum atomic E-state index is 6.11. The molecule has 0 aromatic rings. The van der Waals surface area contributed by atoms with Gasteiger partial charge in [0.2, 0.25) is 0 Å². The number of nitrogens with two attached hydrogens (primary N) is 1. The Labute approximate surface area is 119 Å². The van der Waals surface area contributed by atoms with E-state index in [0.29, 0.717) is 6.04 Å². The van der Waals surface area contributed by atoms with Crippen LogP contribution in [0.15, 0.2) is 0 Å². The molecule has 3 fully saturated rings. The molecule has 0 aromatic heterocycles. The smallest absolute Gasteiger partial charge is 0.0246 e. The highest BCUT2D eigenvalue weighted by Gasteiger charge is 2.38. The average molecular weight is 264 g/mol. The van der Waals surface area contributed by atoms with E-state index >= 15 is 0 Å². The zero-order chi connectivity index (χ0) is 13.1.